The summed E-state index contributed by atoms with van der Waals surface area (Å²) < 4.78 is 0. The van der Waals surface area contributed by atoms with Crippen LogP contribution in [-0.2, 0) is 0 Å². The molecule has 0 radical (unpaired) electrons. The highest BCUT2D eigenvalue weighted by atomic mass is 16.6. The number of hydrogen-bond acceptors (Lipinski definition) is 2. The number of carbonyl (C=O) groups is 1. The van der Waals surface area contributed by atoms with Gasteiger partial charge in [-0.1, -0.05) is 19.3 Å². The summed E-state index contributed by atoms with van der Waals surface area (Å²) in [6, 6.07) is 2.30. The van der Waals surface area contributed by atoms with Gasteiger partial charge in [0.1, 0.15) is 0 Å². The van der Waals surface area contributed by atoms with Crippen LogP contribution < -0.4 is 0 Å². The standard InChI is InChI=1S/C7H11N.CH2O3/c8-6-7-4-2-1-3-5-7;2-1(3)4/h7H,1-5H2;(H2,2,3,4). The summed E-state index contributed by atoms with van der Waals surface area (Å²) in [5, 5.41) is 22.4. The van der Waals surface area contributed by atoms with Crippen molar-refractivity contribution < 1.29 is 15.0 Å². The van der Waals surface area contributed by atoms with Crippen molar-refractivity contribution in [3.63, 3.8) is 0 Å². The fourth-order valence-corrected chi connectivity index (χ4v) is 1.23. The average Bonchev–Trinajstić information content (AvgIpc) is 2.05. The molecule has 4 nitrogen and oxygen atoms in total. The Bertz CT molecular complexity index is 164. The van der Waals surface area contributed by atoms with Crippen molar-refractivity contribution in [2.45, 2.75) is 32.1 Å². The minimum atomic E-state index is -1.83. The van der Waals surface area contributed by atoms with Crippen LogP contribution >= 0.6 is 0 Å². The van der Waals surface area contributed by atoms with Crippen molar-refractivity contribution >= 4 is 6.16 Å². The molecule has 0 spiro atoms. The second-order valence-corrected chi connectivity index (χ2v) is 2.75. The first-order valence-electron chi connectivity index (χ1n) is 3.98. The summed E-state index contributed by atoms with van der Waals surface area (Å²) in [4.78, 5) is 8.56. The molecule has 0 atom stereocenters. The Morgan fingerprint density at radius 2 is 1.67 bits per heavy atom. The third-order valence-corrected chi connectivity index (χ3v) is 1.79. The second-order valence-electron chi connectivity index (χ2n) is 2.75. The molecule has 0 bridgehead atoms. The second kappa shape index (κ2) is 6.47. The van der Waals surface area contributed by atoms with Gasteiger partial charge in [-0.25, -0.2) is 4.79 Å². The molecule has 1 fully saturated rings. The number of nitrogens with zero attached hydrogens (tertiary/aromatic N) is 1. The molecule has 0 unspecified atom stereocenters. The quantitative estimate of drug-likeness (QED) is 0.586. The lowest BCUT2D eigenvalue weighted by molar-refractivity contribution is 0.137. The van der Waals surface area contributed by atoms with Crippen LogP contribution in [0.25, 0.3) is 0 Å². The molecule has 0 saturated heterocycles. The predicted molar refractivity (Wildman–Crippen MR) is 42.8 cm³/mol. The molecule has 12 heavy (non-hydrogen) atoms. The van der Waals surface area contributed by atoms with Gasteiger partial charge in [-0.2, -0.15) is 5.26 Å². The van der Waals surface area contributed by atoms with E-state index in [1.165, 1.54) is 19.3 Å². The first-order chi connectivity index (χ1) is 5.66. The van der Waals surface area contributed by atoms with Crippen molar-refractivity contribution in [1.82, 2.24) is 0 Å². The minimum Gasteiger partial charge on any atom is -0.450 e. The zero-order valence-electron chi connectivity index (χ0n) is 6.86. The molecule has 2 N–H and O–H groups in total. The van der Waals surface area contributed by atoms with Gasteiger partial charge in [0.05, 0.1) is 6.07 Å². The summed E-state index contributed by atoms with van der Waals surface area (Å²) >= 11 is 0. The van der Waals surface area contributed by atoms with E-state index in [-0.39, 0.29) is 0 Å². The minimum absolute atomic E-state index is 0.392. The maximum atomic E-state index is 8.56. The molecule has 0 heterocycles. The number of nitriles is 1. The van der Waals surface area contributed by atoms with Crippen LogP contribution in [0.15, 0.2) is 0 Å². The van der Waals surface area contributed by atoms with E-state index in [1.807, 2.05) is 0 Å². The maximum absolute atomic E-state index is 8.56. The first-order valence-corrected chi connectivity index (χ1v) is 3.98. The average molecular weight is 171 g/mol. The van der Waals surface area contributed by atoms with Crippen LogP contribution in [0.5, 0.6) is 0 Å². The van der Waals surface area contributed by atoms with Gasteiger partial charge >= 0.3 is 6.16 Å². The summed E-state index contributed by atoms with van der Waals surface area (Å²) in [5.41, 5.74) is 0. The molecule has 68 valence electrons. The highest BCUT2D eigenvalue weighted by Gasteiger charge is 2.10. The molecular weight excluding hydrogens is 158 g/mol. The molecule has 0 aromatic heterocycles. The summed E-state index contributed by atoms with van der Waals surface area (Å²) in [5.74, 6) is 0.392. The van der Waals surface area contributed by atoms with E-state index < -0.39 is 6.16 Å². The fourth-order valence-electron chi connectivity index (χ4n) is 1.23. The third kappa shape index (κ3) is 6.87. The van der Waals surface area contributed by atoms with E-state index in [0.29, 0.717) is 5.92 Å². The molecule has 0 aromatic rings. The Morgan fingerprint density at radius 3 is 1.92 bits per heavy atom. The number of rotatable bonds is 0. The van der Waals surface area contributed by atoms with E-state index in [1.54, 1.807) is 0 Å². The Kier molecular flexibility index (Phi) is 5.80. The lowest BCUT2D eigenvalue weighted by atomic mass is 9.91. The number of carboxylic acid groups (broad SMARTS) is 2. The zero-order chi connectivity index (χ0) is 9.40. The molecule has 1 aliphatic carbocycles. The van der Waals surface area contributed by atoms with Crippen LogP contribution in [0.4, 0.5) is 4.79 Å². The van der Waals surface area contributed by atoms with Gasteiger partial charge in [0.2, 0.25) is 0 Å². The molecule has 0 amide bonds. The summed E-state index contributed by atoms with van der Waals surface area (Å²) in [6.07, 6.45) is 4.36. The molecule has 4 heteroatoms. The zero-order valence-corrected chi connectivity index (χ0v) is 6.86. The van der Waals surface area contributed by atoms with Gasteiger partial charge in [0, 0.05) is 5.92 Å². The van der Waals surface area contributed by atoms with Gasteiger partial charge < -0.3 is 10.2 Å². The highest BCUT2D eigenvalue weighted by Crippen LogP contribution is 2.22. The lowest BCUT2D eigenvalue weighted by Crippen LogP contribution is -2.02. The Labute approximate surface area is 71.4 Å². The van der Waals surface area contributed by atoms with E-state index in [4.69, 9.17) is 20.3 Å². The largest absolute Gasteiger partial charge is 0.503 e. The van der Waals surface area contributed by atoms with Crippen LogP contribution in [0.1, 0.15) is 32.1 Å². The smallest absolute Gasteiger partial charge is 0.450 e. The predicted octanol–water partition coefficient (Wildman–Crippen LogP) is 2.31. The van der Waals surface area contributed by atoms with E-state index >= 15 is 0 Å². The van der Waals surface area contributed by atoms with Crippen molar-refractivity contribution in [1.29, 1.82) is 5.26 Å². The van der Waals surface area contributed by atoms with Crippen LogP contribution in [0.2, 0.25) is 0 Å². The molecule has 1 saturated carbocycles. The van der Waals surface area contributed by atoms with Crippen LogP contribution in [0, 0.1) is 17.2 Å². The molecule has 1 aliphatic rings. The van der Waals surface area contributed by atoms with Crippen LogP contribution in [0.3, 0.4) is 0 Å². The van der Waals surface area contributed by atoms with Crippen molar-refractivity contribution in [2.75, 3.05) is 0 Å². The summed E-state index contributed by atoms with van der Waals surface area (Å²) in [6.45, 7) is 0. The normalized spacial score (nSPS) is 16.9. The third-order valence-electron chi connectivity index (χ3n) is 1.79. The van der Waals surface area contributed by atoms with Gasteiger partial charge in [-0.05, 0) is 12.8 Å². The van der Waals surface area contributed by atoms with Crippen molar-refractivity contribution in [3.05, 3.63) is 0 Å². The van der Waals surface area contributed by atoms with E-state index in [9.17, 15) is 0 Å². The Hall–Kier alpha value is -1.24. The highest BCUT2D eigenvalue weighted by molar-refractivity contribution is 5.53. The summed E-state index contributed by atoms with van der Waals surface area (Å²) in [7, 11) is 0. The van der Waals surface area contributed by atoms with E-state index in [2.05, 4.69) is 6.07 Å². The Balaban J connectivity index is 0.000000261. The topological polar surface area (TPSA) is 81.3 Å². The van der Waals surface area contributed by atoms with Gasteiger partial charge in [-0.3, -0.25) is 0 Å². The van der Waals surface area contributed by atoms with Gasteiger partial charge in [0.15, 0.2) is 0 Å². The molecule has 0 aromatic carbocycles. The molecule has 0 aliphatic heterocycles. The molecular formula is C8H13NO3. The SMILES string of the molecule is N#CC1CCCCC1.O=C(O)O. The Morgan fingerprint density at radius 1 is 1.25 bits per heavy atom. The number of hydrogen-bond donors (Lipinski definition) is 2. The van der Waals surface area contributed by atoms with Crippen LogP contribution in [-0.4, -0.2) is 16.4 Å². The van der Waals surface area contributed by atoms with Crippen molar-refractivity contribution in [2.24, 2.45) is 5.92 Å². The van der Waals surface area contributed by atoms with Gasteiger partial charge in [0.25, 0.3) is 0 Å². The van der Waals surface area contributed by atoms with Crippen molar-refractivity contribution in [3.8, 4) is 6.07 Å². The first kappa shape index (κ1) is 10.8. The molecule has 1 rings (SSSR count). The fraction of sp³-hybridized carbons (Fsp3) is 0.750. The lowest BCUT2D eigenvalue weighted by Gasteiger charge is -2.13. The van der Waals surface area contributed by atoms with E-state index in [0.717, 1.165) is 12.8 Å². The monoisotopic (exact) mass is 171 g/mol. The maximum Gasteiger partial charge on any atom is 0.503 e. The van der Waals surface area contributed by atoms with Gasteiger partial charge in [-0.15, -0.1) is 0 Å².